The van der Waals surface area contributed by atoms with E-state index in [9.17, 15) is 4.79 Å². The molecule has 0 fully saturated rings. The lowest BCUT2D eigenvalue weighted by Gasteiger charge is -2.18. The fourth-order valence-electron chi connectivity index (χ4n) is 3.68. The molecular weight excluding hydrogens is 340 g/mol. The van der Waals surface area contributed by atoms with E-state index in [1.54, 1.807) is 0 Å². The molecule has 1 unspecified atom stereocenters. The van der Waals surface area contributed by atoms with Crippen molar-refractivity contribution in [2.24, 2.45) is 11.7 Å². The van der Waals surface area contributed by atoms with Crippen LogP contribution in [-0.2, 0) is 37.0 Å². The topological polar surface area (TPSA) is 102 Å². The highest BCUT2D eigenvalue weighted by molar-refractivity contribution is 5.75. The molecule has 27 heavy (non-hydrogen) atoms. The van der Waals surface area contributed by atoms with Crippen LogP contribution in [0.5, 0.6) is 0 Å². The number of hydrogen-bond donors (Lipinski definition) is 2. The molecule has 0 bridgehead atoms. The van der Waals surface area contributed by atoms with Crippen molar-refractivity contribution in [2.45, 2.75) is 45.6 Å². The van der Waals surface area contributed by atoms with Gasteiger partial charge in [0.25, 0.3) is 0 Å². The van der Waals surface area contributed by atoms with Crippen molar-refractivity contribution in [1.29, 1.82) is 0 Å². The number of carbonyl (C=O) groups is 1. The van der Waals surface area contributed by atoms with Gasteiger partial charge in [0, 0.05) is 17.8 Å². The van der Waals surface area contributed by atoms with E-state index in [-0.39, 0.29) is 6.42 Å². The molecule has 140 valence electrons. The van der Waals surface area contributed by atoms with Gasteiger partial charge in [0.2, 0.25) is 5.91 Å². The van der Waals surface area contributed by atoms with Gasteiger partial charge in [-0.3, -0.25) is 9.89 Å². The third-order valence-corrected chi connectivity index (χ3v) is 5.11. The Labute approximate surface area is 158 Å². The number of aromatic amines is 1. The number of nitrogens with two attached hydrogens (primary N) is 1. The largest absolute Gasteiger partial charge is 0.369 e. The number of nitrogens with zero attached hydrogens (tertiary/aromatic N) is 4. The molecule has 2 heterocycles. The van der Waals surface area contributed by atoms with Crippen LogP contribution in [0, 0.1) is 5.92 Å². The first-order valence-electron chi connectivity index (χ1n) is 9.42. The predicted octanol–water partition coefficient (Wildman–Crippen LogP) is 2.06. The lowest BCUT2D eigenvalue weighted by atomic mass is 9.87. The van der Waals surface area contributed by atoms with Gasteiger partial charge in [-0.2, -0.15) is 10.2 Å². The van der Waals surface area contributed by atoms with Crippen molar-refractivity contribution in [2.75, 3.05) is 0 Å². The van der Waals surface area contributed by atoms with Gasteiger partial charge in [0.15, 0.2) is 11.6 Å². The minimum atomic E-state index is -0.431. The van der Waals surface area contributed by atoms with Gasteiger partial charge < -0.3 is 5.73 Å². The summed E-state index contributed by atoms with van der Waals surface area (Å²) < 4.78 is 1.86. The van der Waals surface area contributed by atoms with E-state index in [0.717, 1.165) is 25.0 Å². The van der Waals surface area contributed by atoms with E-state index in [1.165, 1.54) is 23.2 Å². The van der Waals surface area contributed by atoms with Crippen molar-refractivity contribution in [1.82, 2.24) is 25.0 Å². The minimum absolute atomic E-state index is 0.0361. The second kappa shape index (κ2) is 7.34. The fourth-order valence-corrected chi connectivity index (χ4v) is 3.68. The molecule has 0 aliphatic heterocycles. The number of rotatable bonds is 6. The predicted molar refractivity (Wildman–Crippen MR) is 102 cm³/mol. The molecular formula is C20H24N6O. The number of benzene rings is 1. The molecule has 1 aromatic carbocycles. The molecule has 3 N–H and O–H groups in total. The van der Waals surface area contributed by atoms with E-state index in [0.29, 0.717) is 24.1 Å². The summed E-state index contributed by atoms with van der Waals surface area (Å²) >= 11 is 0. The fraction of sp³-hybridized carbons (Fsp3) is 0.400. The summed E-state index contributed by atoms with van der Waals surface area (Å²) in [6.45, 7) is 2.93. The summed E-state index contributed by atoms with van der Waals surface area (Å²) in [7, 11) is 0. The van der Waals surface area contributed by atoms with Crippen LogP contribution in [0.25, 0.3) is 11.5 Å². The highest BCUT2D eigenvalue weighted by Crippen LogP contribution is 2.31. The van der Waals surface area contributed by atoms with Crippen molar-refractivity contribution in [3.8, 4) is 11.5 Å². The van der Waals surface area contributed by atoms with Gasteiger partial charge in [-0.25, -0.2) is 9.67 Å². The average molecular weight is 364 g/mol. The SMILES string of the molecule is CC1CCc2[nH]nc(-c3nc(CC(N)=O)nn3CCc3ccccc3)c2C1. The Bertz CT molecular complexity index is 943. The molecule has 7 heteroatoms. The van der Waals surface area contributed by atoms with E-state index < -0.39 is 5.91 Å². The third-order valence-electron chi connectivity index (χ3n) is 5.11. The quantitative estimate of drug-likeness (QED) is 0.699. The number of fused-ring (bicyclic) bond motifs is 1. The van der Waals surface area contributed by atoms with Crippen LogP contribution < -0.4 is 5.73 Å². The molecule has 4 rings (SSSR count). The summed E-state index contributed by atoms with van der Waals surface area (Å²) in [4.78, 5) is 15.9. The van der Waals surface area contributed by atoms with Crippen molar-refractivity contribution < 1.29 is 4.79 Å². The molecule has 0 saturated heterocycles. The number of H-pyrrole nitrogens is 1. The zero-order valence-electron chi connectivity index (χ0n) is 15.5. The summed E-state index contributed by atoms with van der Waals surface area (Å²) in [5, 5.41) is 12.3. The van der Waals surface area contributed by atoms with Crippen LogP contribution in [0.2, 0.25) is 0 Å². The minimum Gasteiger partial charge on any atom is -0.369 e. The Hall–Kier alpha value is -2.96. The Morgan fingerprint density at radius 1 is 1.33 bits per heavy atom. The van der Waals surface area contributed by atoms with E-state index in [2.05, 4.69) is 39.3 Å². The zero-order valence-corrected chi connectivity index (χ0v) is 15.5. The van der Waals surface area contributed by atoms with Crippen LogP contribution in [0.4, 0.5) is 0 Å². The molecule has 0 saturated carbocycles. The van der Waals surface area contributed by atoms with Crippen LogP contribution >= 0.6 is 0 Å². The van der Waals surface area contributed by atoms with Crippen LogP contribution in [0.1, 0.15) is 36.0 Å². The Morgan fingerprint density at radius 3 is 2.93 bits per heavy atom. The normalized spacial score (nSPS) is 16.3. The molecule has 1 aliphatic carbocycles. The number of nitrogens with one attached hydrogen (secondary N) is 1. The maximum atomic E-state index is 11.3. The molecule has 0 radical (unpaired) electrons. The molecule has 7 nitrogen and oxygen atoms in total. The van der Waals surface area contributed by atoms with Gasteiger partial charge in [-0.15, -0.1) is 0 Å². The molecule has 1 aliphatic rings. The Kier molecular flexibility index (Phi) is 4.75. The third kappa shape index (κ3) is 3.77. The summed E-state index contributed by atoms with van der Waals surface area (Å²) in [6.07, 6.45) is 4.03. The second-order valence-corrected chi connectivity index (χ2v) is 7.33. The van der Waals surface area contributed by atoms with Gasteiger partial charge >= 0.3 is 0 Å². The molecule has 0 spiro atoms. The Balaban J connectivity index is 1.67. The summed E-state index contributed by atoms with van der Waals surface area (Å²) in [5.74, 6) is 1.36. The first-order chi connectivity index (χ1) is 13.1. The standard InChI is InChI=1S/C20H24N6O/c1-13-7-8-16-15(11-13)19(24-23-16)20-22-18(12-17(21)27)25-26(20)10-9-14-5-3-2-4-6-14/h2-6,13H,7-12H2,1H3,(H2,21,27)(H,23,24). The van der Waals surface area contributed by atoms with E-state index in [1.807, 2.05) is 22.9 Å². The van der Waals surface area contributed by atoms with Gasteiger partial charge in [-0.1, -0.05) is 37.3 Å². The number of amides is 1. The lowest BCUT2D eigenvalue weighted by Crippen LogP contribution is -2.15. The smallest absolute Gasteiger partial charge is 0.225 e. The molecule has 2 aromatic heterocycles. The van der Waals surface area contributed by atoms with Crippen LogP contribution in [0.3, 0.4) is 0 Å². The maximum Gasteiger partial charge on any atom is 0.225 e. The molecule has 1 amide bonds. The average Bonchev–Trinajstić information content (AvgIpc) is 3.23. The molecule has 3 aromatic rings. The summed E-state index contributed by atoms with van der Waals surface area (Å²) in [5.41, 5.74) is 9.85. The number of primary amides is 1. The summed E-state index contributed by atoms with van der Waals surface area (Å²) in [6, 6.07) is 10.3. The van der Waals surface area contributed by atoms with Crippen LogP contribution in [0.15, 0.2) is 30.3 Å². The highest BCUT2D eigenvalue weighted by Gasteiger charge is 2.25. The van der Waals surface area contributed by atoms with Crippen molar-refractivity contribution in [3.63, 3.8) is 0 Å². The number of carbonyl (C=O) groups excluding carboxylic acids is 1. The van der Waals surface area contributed by atoms with Gasteiger partial charge in [0.1, 0.15) is 5.69 Å². The maximum absolute atomic E-state index is 11.3. The van der Waals surface area contributed by atoms with Gasteiger partial charge in [0.05, 0.1) is 6.42 Å². The van der Waals surface area contributed by atoms with Crippen LogP contribution in [-0.4, -0.2) is 30.9 Å². The lowest BCUT2D eigenvalue weighted by molar-refractivity contribution is -0.117. The first-order valence-corrected chi connectivity index (χ1v) is 9.42. The molecule has 1 atom stereocenters. The number of hydrogen-bond acceptors (Lipinski definition) is 4. The zero-order chi connectivity index (χ0) is 18.8. The van der Waals surface area contributed by atoms with E-state index in [4.69, 9.17) is 5.73 Å². The first kappa shape index (κ1) is 17.5. The second-order valence-electron chi connectivity index (χ2n) is 7.33. The van der Waals surface area contributed by atoms with E-state index >= 15 is 0 Å². The van der Waals surface area contributed by atoms with Crippen molar-refractivity contribution in [3.05, 3.63) is 53.0 Å². The Morgan fingerprint density at radius 2 is 2.15 bits per heavy atom. The van der Waals surface area contributed by atoms with Gasteiger partial charge in [-0.05, 0) is 37.2 Å². The highest BCUT2D eigenvalue weighted by atomic mass is 16.1. The number of aromatic nitrogens is 5. The van der Waals surface area contributed by atoms with Crippen molar-refractivity contribution >= 4 is 5.91 Å². The monoisotopic (exact) mass is 364 g/mol. The number of aryl methyl sites for hydroxylation is 3.